The Morgan fingerprint density at radius 2 is 2.18 bits per heavy atom. The molecule has 90 valence electrons. The molecule has 2 rings (SSSR count). The van der Waals surface area contributed by atoms with Crippen molar-refractivity contribution in [3.8, 4) is 0 Å². The van der Waals surface area contributed by atoms with Crippen molar-refractivity contribution < 1.29 is 4.39 Å². The van der Waals surface area contributed by atoms with Gasteiger partial charge in [0.2, 0.25) is 0 Å². The van der Waals surface area contributed by atoms with Gasteiger partial charge in [0.15, 0.2) is 0 Å². The average Bonchev–Trinajstić information content (AvgIpc) is 2.83. The van der Waals surface area contributed by atoms with Gasteiger partial charge < -0.3 is 5.32 Å². The molecule has 1 aromatic heterocycles. The van der Waals surface area contributed by atoms with Gasteiger partial charge in [-0.05, 0) is 46.1 Å². The highest BCUT2D eigenvalue weighted by Crippen LogP contribution is 2.29. The maximum atomic E-state index is 13.5. The second-order valence-corrected chi connectivity index (χ2v) is 5.59. The first-order chi connectivity index (χ1) is 8.22. The molecule has 4 heteroatoms. The number of halogens is 2. The van der Waals surface area contributed by atoms with Gasteiger partial charge in [0, 0.05) is 17.3 Å². The van der Waals surface area contributed by atoms with E-state index < -0.39 is 0 Å². The van der Waals surface area contributed by atoms with Crippen molar-refractivity contribution in [2.75, 3.05) is 7.05 Å². The Morgan fingerprint density at radius 3 is 2.82 bits per heavy atom. The zero-order valence-corrected chi connectivity index (χ0v) is 11.8. The lowest BCUT2D eigenvalue weighted by atomic mass is 10.0. The third kappa shape index (κ3) is 2.94. The number of likely N-dealkylation sites (N-methyl/N-ethyl adjacent to an activating group) is 1. The van der Waals surface area contributed by atoms with E-state index in [0.717, 1.165) is 12.0 Å². The summed E-state index contributed by atoms with van der Waals surface area (Å²) in [5, 5.41) is 5.29. The molecule has 0 bridgehead atoms. The maximum Gasteiger partial charge on any atom is 0.137 e. The molecule has 2 aromatic rings. The molecular formula is C13H13BrFNS. The molecule has 0 saturated carbocycles. The van der Waals surface area contributed by atoms with Gasteiger partial charge in [-0.1, -0.05) is 18.2 Å². The lowest BCUT2D eigenvalue weighted by molar-refractivity contribution is 0.574. The van der Waals surface area contributed by atoms with Crippen molar-refractivity contribution >= 4 is 27.3 Å². The first-order valence-electron chi connectivity index (χ1n) is 5.36. The lowest BCUT2D eigenvalue weighted by Gasteiger charge is -2.17. The van der Waals surface area contributed by atoms with E-state index in [1.165, 1.54) is 10.9 Å². The minimum atomic E-state index is -0.214. The fourth-order valence-electron chi connectivity index (χ4n) is 1.79. The summed E-state index contributed by atoms with van der Waals surface area (Å²) in [6.07, 6.45) is 0.871. The standard InChI is InChI=1S/C13H13BrFNS/c1-16-12(8-9-4-3-7-17-9)10-5-2-6-11(15)13(10)14/h2-7,12,16H,8H2,1H3. The predicted octanol–water partition coefficient (Wildman–Crippen LogP) is 4.15. The van der Waals surface area contributed by atoms with E-state index in [-0.39, 0.29) is 11.9 Å². The van der Waals surface area contributed by atoms with Gasteiger partial charge in [-0.2, -0.15) is 0 Å². The summed E-state index contributed by atoms with van der Waals surface area (Å²) in [6, 6.07) is 9.41. The van der Waals surface area contributed by atoms with Crippen molar-refractivity contribution in [3.63, 3.8) is 0 Å². The number of benzene rings is 1. The molecule has 1 unspecified atom stereocenters. The van der Waals surface area contributed by atoms with Gasteiger partial charge in [-0.15, -0.1) is 11.3 Å². The largest absolute Gasteiger partial charge is 0.313 e. The van der Waals surface area contributed by atoms with Crippen LogP contribution in [0, 0.1) is 5.82 Å². The summed E-state index contributed by atoms with van der Waals surface area (Å²) in [4.78, 5) is 1.29. The van der Waals surface area contributed by atoms with Gasteiger partial charge in [-0.3, -0.25) is 0 Å². The van der Waals surface area contributed by atoms with Gasteiger partial charge in [0.05, 0.1) is 4.47 Å². The normalized spacial score (nSPS) is 12.6. The van der Waals surface area contributed by atoms with Gasteiger partial charge >= 0.3 is 0 Å². The molecule has 1 atom stereocenters. The monoisotopic (exact) mass is 313 g/mol. The minimum absolute atomic E-state index is 0.124. The summed E-state index contributed by atoms with van der Waals surface area (Å²) >= 11 is 5.04. The Labute approximate surface area is 113 Å². The summed E-state index contributed by atoms with van der Waals surface area (Å²) in [6.45, 7) is 0. The molecule has 0 fully saturated rings. The van der Waals surface area contributed by atoms with Crippen LogP contribution in [-0.2, 0) is 6.42 Å². The molecular weight excluding hydrogens is 301 g/mol. The Balaban J connectivity index is 2.26. The summed E-state index contributed by atoms with van der Waals surface area (Å²) < 4.78 is 14.0. The molecule has 0 radical (unpaired) electrons. The minimum Gasteiger partial charge on any atom is -0.313 e. The Bertz CT molecular complexity index is 484. The average molecular weight is 314 g/mol. The van der Waals surface area contributed by atoms with Crippen molar-refractivity contribution in [2.45, 2.75) is 12.5 Å². The van der Waals surface area contributed by atoms with E-state index in [1.807, 2.05) is 19.2 Å². The van der Waals surface area contributed by atoms with Crippen LogP contribution in [0.1, 0.15) is 16.5 Å². The second-order valence-electron chi connectivity index (χ2n) is 3.77. The van der Waals surface area contributed by atoms with Crippen molar-refractivity contribution in [1.82, 2.24) is 5.32 Å². The Hall–Kier alpha value is -0.710. The predicted molar refractivity (Wildman–Crippen MR) is 73.9 cm³/mol. The van der Waals surface area contributed by atoms with E-state index in [2.05, 4.69) is 32.7 Å². The van der Waals surface area contributed by atoms with E-state index in [0.29, 0.717) is 4.47 Å². The number of thiophene rings is 1. The summed E-state index contributed by atoms with van der Waals surface area (Å²) in [5.41, 5.74) is 0.959. The third-order valence-corrected chi connectivity index (χ3v) is 4.43. The molecule has 1 heterocycles. The van der Waals surface area contributed by atoms with Crippen LogP contribution in [0.5, 0.6) is 0 Å². The number of hydrogen-bond donors (Lipinski definition) is 1. The summed E-state index contributed by atoms with van der Waals surface area (Å²) in [5.74, 6) is -0.214. The SMILES string of the molecule is CNC(Cc1cccs1)c1cccc(F)c1Br. The van der Waals surface area contributed by atoms with Crippen LogP contribution in [0.15, 0.2) is 40.2 Å². The first-order valence-corrected chi connectivity index (χ1v) is 7.03. The zero-order chi connectivity index (χ0) is 12.3. The number of hydrogen-bond acceptors (Lipinski definition) is 2. The van der Waals surface area contributed by atoms with Crippen LogP contribution in [0.25, 0.3) is 0 Å². The van der Waals surface area contributed by atoms with Crippen LogP contribution < -0.4 is 5.32 Å². The van der Waals surface area contributed by atoms with E-state index in [1.54, 1.807) is 17.4 Å². The molecule has 1 aromatic carbocycles. The van der Waals surface area contributed by atoms with Crippen LogP contribution in [0.3, 0.4) is 0 Å². The van der Waals surface area contributed by atoms with Crippen LogP contribution >= 0.6 is 27.3 Å². The fraction of sp³-hybridized carbons (Fsp3) is 0.231. The van der Waals surface area contributed by atoms with E-state index >= 15 is 0 Å². The molecule has 0 amide bonds. The topological polar surface area (TPSA) is 12.0 Å². The summed E-state index contributed by atoms with van der Waals surface area (Å²) in [7, 11) is 1.90. The highest BCUT2D eigenvalue weighted by molar-refractivity contribution is 9.10. The van der Waals surface area contributed by atoms with Crippen molar-refractivity contribution in [2.24, 2.45) is 0 Å². The smallest absolute Gasteiger partial charge is 0.137 e. The van der Waals surface area contributed by atoms with Gasteiger partial charge in [0.25, 0.3) is 0 Å². The quantitative estimate of drug-likeness (QED) is 0.894. The molecule has 0 aliphatic carbocycles. The van der Waals surface area contributed by atoms with E-state index in [4.69, 9.17) is 0 Å². The molecule has 1 N–H and O–H groups in total. The molecule has 0 aliphatic rings. The third-order valence-electron chi connectivity index (χ3n) is 2.69. The lowest BCUT2D eigenvalue weighted by Crippen LogP contribution is -2.19. The highest BCUT2D eigenvalue weighted by Gasteiger charge is 2.15. The molecule has 0 saturated heterocycles. The second kappa shape index (κ2) is 5.76. The van der Waals surface area contributed by atoms with Crippen LogP contribution in [0.4, 0.5) is 4.39 Å². The van der Waals surface area contributed by atoms with E-state index in [9.17, 15) is 4.39 Å². The maximum absolute atomic E-state index is 13.5. The van der Waals surface area contributed by atoms with Gasteiger partial charge in [-0.25, -0.2) is 4.39 Å². The first kappa shape index (κ1) is 12.7. The fourth-order valence-corrected chi connectivity index (χ4v) is 3.08. The number of rotatable bonds is 4. The van der Waals surface area contributed by atoms with Crippen molar-refractivity contribution in [1.29, 1.82) is 0 Å². The molecule has 0 spiro atoms. The molecule has 17 heavy (non-hydrogen) atoms. The van der Waals surface area contributed by atoms with Crippen molar-refractivity contribution in [3.05, 3.63) is 56.4 Å². The molecule has 0 aliphatic heterocycles. The Morgan fingerprint density at radius 1 is 1.35 bits per heavy atom. The Kier molecular flexibility index (Phi) is 4.31. The molecule has 1 nitrogen and oxygen atoms in total. The zero-order valence-electron chi connectivity index (χ0n) is 9.41. The van der Waals surface area contributed by atoms with Gasteiger partial charge in [0.1, 0.15) is 5.82 Å². The highest BCUT2D eigenvalue weighted by atomic mass is 79.9. The van der Waals surface area contributed by atoms with Crippen LogP contribution in [0.2, 0.25) is 0 Å². The van der Waals surface area contributed by atoms with Crippen LogP contribution in [-0.4, -0.2) is 7.05 Å². The number of nitrogens with one attached hydrogen (secondary N) is 1.